The predicted octanol–water partition coefficient (Wildman–Crippen LogP) is 0.299. The highest BCUT2D eigenvalue weighted by molar-refractivity contribution is 4.68. The van der Waals surface area contributed by atoms with E-state index in [1.807, 2.05) is 13.8 Å². The molecule has 0 heterocycles. The second kappa shape index (κ2) is 5.51. The van der Waals surface area contributed by atoms with Crippen LogP contribution in [0.5, 0.6) is 0 Å². The van der Waals surface area contributed by atoms with Crippen molar-refractivity contribution in [3.05, 3.63) is 0 Å². The molecule has 0 saturated carbocycles. The number of nitrogens with one attached hydrogen (secondary N) is 1. The second-order valence-corrected chi connectivity index (χ2v) is 3.89. The van der Waals surface area contributed by atoms with Crippen LogP contribution in [0.1, 0.15) is 20.8 Å². The van der Waals surface area contributed by atoms with Gasteiger partial charge in [0.05, 0.1) is 5.60 Å². The van der Waals surface area contributed by atoms with Crippen LogP contribution in [0.3, 0.4) is 0 Å². The van der Waals surface area contributed by atoms with E-state index in [9.17, 15) is 5.11 Å². The summed E-state index contributed by atoms with van der Waals surface area (Å²) in [5.74, 6) is 0. The molecular weight excluding hydrogens is 152 g/mol. The minimum absolute atomic E-state index is 0.592. The topological polar surface area (TPSA) is 35.5 Å². The molecule has 3 heteroatoms. The average Bonchev–Trinajstić information content (AvgIpc) is 1.96. The van der Waals surface area contributed by atoms with Crippen molar-refractivity contribution in [1.29, 1.82) is 0 Å². The van der Waals surface area contributed by atoms with E-state index in [2.05, 4.69) is 24.2 Å². The Kier molecular flexibility index (Phi) is 5.46. The number of likely N-dealkylation sites (N-methyl/N-ethyl adjacent to an activating group) is 1. The van der Waals surface area contributed by atoms with E-state index < -0.39 is 5.60 Å². The number of nitrogens with zero attached hydrogens (tertiary/aromatic N) is 1. The van der Waals surface area contributed by atoms with Crippen molar-refractivity contribution >= 4 is 0 Å². The Morgan fingerprint density at radius 1 is 1.42 bits per heavy atom. The Hall–Kier alpha value is -0.120. The normalized spacial score (nSPS) is 12.5. The zero-order valence-electron chi connectivity index (χ0n) is 8.72. The van der Waals surface area contributed by atoms with Crippen LogP contribution in [0.15, 0.2) is 0 Å². The van der Waals surface area contributed by atoms with Crippen LogP contribution in [0.2, 0.25) is 0 Å². The smallest absolute Gasteiger partial charge is 0.0715 e. The van der Waals surface area contributed by atoms with Crippen molar-refractivity contribution < 1.29 is 5.11 Å². The minimum Gasteiger partial charge on any atom is -0.389 e. The molecule has 0 unspecified atom stereocenters. The molecule has 0 rings (SSSR count). The lowest BCUT2D eigenvalue weighted by molar-refractivity contribution is 0.0793. The molecule has 0 bridgehead atoms. The van der Waals surface area contributed by atoms with Gasteiger partial charge >= 0.3 is 0 Å². The Bertz CT molecular complexity index is 110. The quantitative estimate of drug-likeness (QED) is 0.568. The summed E-state index contributed by atoms with van der Waals surface area (Å²) in [5.41, 5.74) is -0.592. The van der Waals surface area contributed by atoms with Crippen LogP contribution in [-0.2, 0) is 0 Å². The molecule has 0 amide bonds. The van der Waals surface area contributed by atoms with Gasteiger partial charge < -0.3 is 15.3 Å². The molecule has 3 nitrogen and oxygen atoms in total. The molecule has 0 spiro atoms. The molecule has 0 aliphatic heterocycles. The van der Waals surface area contributed by atoms with E-state index in [0.717, 1.165) is 19.6 Å². The minimum atomic E-state index is -0.592. The molecular formula is C9H22N2O. The van der Waals surface area contributed by atoms with Gasteiger partial charge in [-0.05, 0) is 27.4 Å². The van der Waals surface area contributed by atoms with E-state index in [-0.39, 0.29) is 0 Å². The molecule has 0 aromatic rings. The summed E-state index contributed by atoms with van der Waals surface area (Å²) < 4.78 is 0. The van der Waals surface area contributed by atoms with Gasteiger partial charge in [-0.25, -0.2) is 0 Å². The third kappa shape index (κ3) is 7.98. The fourth-order valence-electron chi connectivity index (χ4n) is 0.822. The Morgan fingerprint density at radius 3 is 2.42 bits per heavy atom. The van der Waals surface area contributed by atoms with Crippen LogP contribution in [0, 0.1) is 0 Å². The molecule has 0 radical (unpaired) electrons. The van der Waals surface area contributed by atoms with Crippen LogP contribution in [0.4, 0.5) is 0 Å². The Labute approximate surface area is 75.8 Å². The van der Waals surface area contributed by atoms with Gasteiger partial charge in [0.25, 0.3) is 0 Å². The fraction of sp³-hybridized carbons (Fsp3) is 1.00. The molecule has 0 aliphatic carbocycles. The Balaban J connectivity index is 3.22. The van der Waals surface area contributed by atoms with E-state index in [0.29, 0.717) is 6.54 Å². The summed E-state index contributed by atoms with van der Waals surface area (Å²) in [4.78, 5) is 2.23. The van der Waals surface area contributed by atoms with Gasteiger partial charge in [0.2, 0.25) is 0 Å². The summed E-state index contributed by atoms with van der Waals surface area (Å²) in [7, 11) is 2.09. The first-order valence-electron chi connectivity index (χ1n) is 4.57. The molecule has 0 aliphatic rings. The molecule has 2 N–H and O–H groups in total. The van der Waals surface area contributed by atoms with E-state index in [4.69, 9.17) is 0 Å². The second-order valence-electron chi connectivity index (χ2n) is 3.89. The van der Waals surface area contributed by atoms with Gasteiger partial charge in [-0.15, -0.1) is 0 Å². The van der Waals surface area contributed by atoms with Gasteiger partial charge in [0.1, 0.15) is 0 Å². The summed E-state index contributed by atoms with van der Waals surface area (Å²) in [6, 6.07) is 0. The summed E-state index contributed by atoms with van der Waals surface area (Å²) in [6.07, 6.45) is 0. The summed E-state index contributed by atoms with van der Waals surface area (Å²) >= 11 is 0. The van der Waals surface area contributed by atoms with Crippen molar-refractivity contribution in [2.24, 2.45) is 0 Å². The third-order valence-electron chi connectivity index (χ3n) is 1.77. The maximum absolute atomic E-state index is 9.36. The van der Waals surface area contributed by atoms with Gasteiger partial charge in [-0.1, -0.05) is 6.92 Å². The molecule has 0 aromatic carbocycles. The zero-order valence-corrected chi connectivity index (χ0v) is 8.72. The molecule has 0 fully saturated rings. The van der Waals surface area contributed by atoms with Gasteiger partial charge in [-0.2, -0.15) is 0 Å². The number of hydrogen-bond acceptors (Lipinski definition) is 3. The third-order valence-corrected chi connectivity index (χ3v) is 1.77. The molecule has 0 atom stereocenters. The lowest BCUT2D eigenvalue weighted by Crippen LogP contribution is -2.38. The predicted molar refractivity (Wildman–Crippen MR) is 52.3 cm³/mol. The molecule has 12 heavy (non-hydrogen) atoms. The average molecular weight is 174 g/mol. The monoisotopic (exact) mass is 174 g/mol. The van der Waals surface area contributed by atoms with Crippen LogP contribution in [-0.4, -0.2) is 48.8 Å². The van der Waals surface area contributed by atoms with E-state index in [1.54, 1.807) is 0 Å². The number of aliphatic hydroxyl groups is 1. The summed E-state index contributed by atoms with van der Waals surface area (Å²) in [5, 5.41) is 12.6. The van der Waals surface area contributed by atoms with Crippen molar-refractivity contribution in [3.8, 4) is 0 Å². The van der Waals surface area contributed by atoms with Crippen molar-refractivity contribution in [2.75, 3.05) is 33.2 Å². The fourth-order valence-corrected chi connectivity index (χ4v) is 0.822. The van der Waals surface area contributed by atoms with Crippen molar-refractivity contribution in [3.63, 3.8) is 0 Å². The number of rotatable bonds is 6. The SMILES string of the molecule is CCN(C)CCNCC(C)(C)O. The van der Waals surface area contributed by atoms with E-state index >= 15 is 0 Å². The van der Waals surface area contributed by atoms with Gasteiger partial charge in [0.15, 0.2) is 0 Å². The van der Waals surface area contributed by atoms with Gasteiger partial charge in [-0.3, -0.25) is 0 Å². The highest BCUT2D eigenvalue weighted by Gasteiger charge is 2.10. The first-order chi connectivity index (χ1) is 5.45. The van der Waals surface area contributed by atoms with Gasteiger partial charge in [0, 0.05) is 19.6 Å². The lowest BCUT2D eigenvalue weighted by atomic mass is 10.1. The first kappa shape index (κ1) is 11.9. The lowest BCUT2D eigenvalue weighted by Gasteiger charge is -2.19. The van der Waals surface area contributed by atoms with E-state index in [1.165, 1.54) is 0 Å². The first-order valence-corrected chi connectivity index (χ1v) is 4.57. The molecule has 0 aromatic heterocycles. The standard InChI is InChI=1S/C9H22N2O/c1-5-11(4)7-6-10-8-9(2,3)12/h10,12H,5-8H2,1-4H3. The maximum Gasteiger partial charge on any atom is 0.0715 e. The van der Waals surface area contributed by atoms with Crippen LogP contribution >= 0.6 is 0 Å². The molecule has 74 valence electrons. The number of hydrogen-bond donors (Lipinski definition) is 2. The summed E-state index contributed by atoms with van der Waals surface area (Å²) in [6.45, 7) is 9.46. The van der Waals surface area contributed by atoms with Crippen molar-refractivity contribution in [1.82, 2.24) is 10.2 Å². The maximum atomic E-state index is 9.36. The van der Waals surface area contributed by atoms with Crippen molar-refractivity contribution in [2.45, 2.75) is 26.4 Å². The zero-order chi connectivity index (χ0) is 9.61. The highest BCUT2D eigenvalue weighted by atomic mass is 16.3. The van der Waals surface area contributed by atoms with Crippen LogP contribution < -0.4 is 5.32 Å². The highest BCUT2D eigenvalue weighted by Crippen LogP contribution is 1.96. The molecule has 0 saturated heterocycles. The Morgan fingerprint density at radius 2 is 2.00 bits per heavy atom. The largest absolute Gasteiger partial charge is 0.389 e. The van der Waals surface area contributed by atoms with Crippen LogP contribution in [0.25, 0.3) is 0 Å².